The van der Waals surface area contributed by atoms with E-state index in [1.807, 2.05) is 6.07 Å². The molecule has 1 aromatic rings. The maximum Gasteiger partial charge on any atom is 0.338 e. The van der Waals surface area contributed by atoms with Gasteiger partial charge in [0.15, 0.2) is 0 Å². The van der Waals surface area contributed by atoms with Gasteiger partial charge in [0, 0.05) is 34.9 Å². The van der Waals surface area contributed by atoms with E-state index in [-0.39, 0.29) is 29.8 Å². The van der Waals surface area contributed by atoms with Crippen LogP contribution < -0.4 is 0 Å². The van der Waals surface area contributed by atoms with Gasteiger partial charge in [-0.1, -0.05) is 31.7 Å². The van der Waals surface area contributed by atoms with Crippen molar-refractivity contribution >= 4 is 5.97 Å². The molecule has 6 nitrogen and oxygen atoms in total. The molecule has 6 heteroatoms. The third-order valence-electron chi connectivity index (χ3n) is 11.9. The van der Waals surface area contributed by atoms with E-state index in [1.54, 1.807) is 24.3 Å². The van der Waals surface area contributed by atoms with Crippen LogP contribution in [0.1, 0.15) is 43.0 Å². The molecule has 3 saturated heterocycles. The number of aliphatic hydroxyl groups is 3. The average Bonchev–Trinajstić information content (AvgIpc) is 3.21. The number of piperidine rings is 2. The number of hydrogen-bond donors (Lipinski definition) is 3. The molecule has 0 radical (unpaired) electrons. The Balaban J connectivity index is 1.27. The van der Waals surface area contributed by atoms with E-state index in [9.17, 15) is 20.1 Å². The minimum absolute atomic E-state index is 0.137. The van der Waals surface area contributed by atoms with E-state index in [0.29, 0.717) is 18.4 Å². The molecule has 6 saturated carbocycles. The van der Waals surface area contributed by atoms with Crippen LogP contribution in [0.15, 0.2) is 42.5 Å². The fourth-order valence-electron chi connectivity index (χ4n) is 11.3. The number of ether oxygens (including phenoxy) is 1. The van der Waals surface area contributed by atoms with Crippen LogP contribution in [0, 0.1) is 34.0 Å². The molecular formula is C27H31NO5. The Bertz CT molecular complexity index is 1120. The van der Waals surface area contributed by atoms with E-state index >= 15 is 0 Å². The van der Waals surface area contributed by atoms with Gasteiger partial charge >= 0.3 is 5.97 Å². The van der Waals surface area contributed by atoms with Gasteiger partial charge in [0.1, 0.15) is 6.10 Å². The third-order valence-corrected chi connectivity index (χ3v) is 11.9. The fraction of sp³-hybridized carbons (Fsp3) is 0.667. The van der Waals surface area contributed by atoms with Crippen molar-refractivity contribution < 1.29 is 24.9 Å². The summed E-state index contributed by atoms with van der Waals surface area (Å²) < 4.78 is 6.03. The van der Waals surface area contributed by atoms with Crippen molar-refractivity contribution in [2.24, 2.45) is 34.0 Å². The lowest BCUT2D eigenvalue weighted by molar-refractivity contribution is -0.288. The fourth-order valence-corrected chi connectivity index (χ4v) is 11.3. The Hall–Kier alpha value is -1.73. The molecule has 2 spiro atoms. The van der Waals surface area contributed by atoms with Gasteiger partial charge in [-0.25, -0.2) is 4.79 Å². The number of benzene rings is 1. The first-order valence-electron chi connectivity index (χ1n) is 12.5. The molecule has 3 heterocycles. The molecule has 3 aliphatic heterocycles. The van der Waals surface area contributed by atoms with Crippen LogP contribution in [0.3, 0.4) is 0 Å². The first kappa shape index (κ1) is 19.6. The summed E-state index contributed by atoms with van der Waals surface area (Å²) in [5.74, 6) is 0.0952. The van der Waals surface area contributed by atoms with Gasteiger partial charge in [-0.2, -0.15) is 0 Å². The van der Waals surface area contributed by atoms with E-state index in [1.165, 1.54) is 0 Å². The van der Waals surface area contributed by atoms with Crippen LogP contribution >= 0.6 is 0 Å². The first-order chi connectivity index (χ1) is 15.7. The summed E-state index contributed by atoms with van der Waals surface area (Å²) in [7, 11) is 0. The Morgan fingerprint density at radius 3 is 2.67 bits per heavy atom. The molecule has 13 atom stereocenters. The van der Waals surface area contributed by atoms with Gasteiger partial charge in [0.25, 0.3) is 0 Å². The molecule has 6 aliphatic carbocycles. The Kier molecular flexibility index (Phi) is 3.20. The number of carbonyl (C=O) groups excluding carboxylic acids is 1. The molecular weight excluding hydrogens is 418 g/mol. The molecule has 1 unspecified atom stereocenters. The number of rotatable bonds is 2. The van der Waals surface area contributed by atoms with Crippen LogP contribution in [0.2, 0.25) is 0 Å². The van der Waals surface area contributed by atoms with Gasteiger partial charge in [0.2, 0.25) is 0 Å². The molecule has 9 bridgehead atoms. The molecule has 3 N–H and O–H groups in total. The third kappa shape index (κ3) is 1.67. The molecule has 9 aliphatic rings. The van der Waals surface area contributed by atoms with Gasteiger partial charge < -0.3 is 20.1 Å². The maximum absolute atomic E-state index is 13.0. The van der Waals surface area contributed by atoms with E-state index in [2.05, 4.69) is 18.4 Å². The van der Waals surface area contributed by atoms with Crippen LogP contribution in [0.4, 0.5) is 0 Å². The Labute approximate surface area is 193 Å². The molecule has 1 aromatic carbocycles. The second-order valence-electron chi connectivity index (χ2n) is 12.5. The summed E-state index contributed by atoms with van der Waals surface area (Å²) in [5, 5.41) is 35.8. The van der Waals surface area contributed by atoms with Crippen LogP contribution in [0.25, 0.3) is 0 Å². The quantitative estimate of drug-likeness (QED) is 0.471. The van der Waals surface area contributed by atoms with Gasteiger partial charge in [0.05, 0.1) is 23.4 Å². The number of hydrogen-bond acceptors (Lipinski definition) is 6. The zero-order valence-electron chi connectivity index (χ0n) is 18.9. The maximum atomic E-state index is 13.0. The number of aliphatic hydroxyl groups excluding tert-OH is 2. The number of esters is 1. The second kappa shape index (κ2) is 5.40. The van der Waals surface area contributed by atoms with Gasteiger partial charge in [-0.05, 0) is 61.1 Å². The smallest absolute Gasteiger partial charge is 0.338 e. The van der Waals surface area contributed by atoms with Crippen LogP contribution in [-0.4, -0.2) is 68.7 Å². The van der Waals surface area contributed by atoms with E-state index in [0.717, 1.165) is 25.0 Å². The predicted octanol–water partition coefficient (Wildman–Crippen LogP) is 1.74. The van der Waals surface area contributed by atoms with Gasteiger partial charge in [-0.3, -0.25) is 4.90 Å². The van der Waals surface area contributed by atoms with Crippen molar-refractivity contribution in [3.63, 3.8) is 0 Å². The monoisotopic (exact) mass is 449 g/mol. The molecule has 0 aromatic heterocycles. The van der Waals surface area contributed by atoms with Crippen molar-refractivity contribution in [1.29, 1.82) is 0 Å². The lowest BCUT2D eigenvalue weighted by Crippen LogP contribution is -2.75. The minimum atomic E-state index is -1.02. The zero-order valence-corrected chi connectivity index (χ0v) is 18.9. The second-order valence-corrected chi connectivity index (χ2v) is 12.5. The zero-order chi connectivity index (χ0) is 22.7. The summed E-state index contributed by atoms with van der Waals surface area (Å²) in [5.41, 5.74) is -1.11. The van der Waals surface area contributed by atoms with Crippen molar-refractivity contribution in [1.82, 2.24) is 4.90 Å². The Morgan fingerprint density at radius 1 is 1.15 bits per heavy atom. The normalized spacial score (nSPS) is 60.5. The van der Waals surface area contributed by atoms with Crippen LogP contribution in [-0.2, 0) is 4.74 Å². The highest BCUT2D eigenvalue weighted by Crippen LogP contribution is 2.88. The molecule has 0 amide bonds. The first-order valence-corrected chi connectivity index (χ1v) is 12.5. The molecule has 9 fully saturated rings. The van der Waals surface area contributed by atoms with Crippen molar-refractivity contribution in [2.75, 3.05) is 6.54 Å². The highest BCUT2D eigenvalue weighted by molar-refractivity contribution is 5.89. The summed E-state index contributed by atoms with van der Waals surface area (Å²) in [4.78, 5) is 15.6. The molecule has 174 valence electrons. The van der Waals surface area contributed by atoms with E-state index in [4.69, 9.17) is 4.74 Å². The highest BCUT2D eigenvalue weighted by Gasteiger charge is 2.94. The number of carbonyl (C=O) groups is 1. The van der Waals surface area contributed by atoms with E-state index < -0.39 is 46.1 Å². The summed E-state index contributed by atoms with van der Waals surface area (Å²) in [6, 6.07) is 9.37. The SMILES string of the molecule is C=C1[C@H]2C[C@H]3[C@H]4N5C[C@@]6(C)[C@H]7[C@@H]5C[C@]3([C@@H]1O)[C@@](O)(C2)[C@]74C[C@@H](OC(=O)c1ccccc1)[C@@H]6O. The lowest BCUT2D eigenvalue weighted by Gasteiger charge is -2.69. The molecule has 10 rings (SSSR count). The Morgan fingerprint density at radius 2 is 1.91 bits per heavy atom. The topological polar surface area (TPSA) is 90.2 Å². The van der Waals surface area contributed by atoms with Crippen molar-refractivity contribution in [3.8, 4) is 0 Å². The number of fused-ring (bicyclic) bond motifs is 1. The largest absolute Gasteiger partial charge is 0.456 e. The standard InChI is InChI=1S/C27H31NO5/c1-13-15-8-16-20-26-11-18(33-23(31)14-6-4-3-5-7-14)22(30)24(2)12-28(20)17(19(24)26)10-25(16,21(13)29)27(26,32)9-15/h3-7,15-22,29-30,32H,1,8-12H2,2H3/t15-,16-,17-,18+,19+,20+,21+,22-,24-,25-,26+,27-/m0/s1. The summed E-state index contributed by atoms with van der Waals surface area (Å²) in [6.45, 7) is 7.14. The van der Waals surface area contributed by atoms with Crippen LogP contribution in [0.5, 0.6) is 0 Å². The highest BCUT2D eigenvalue weighted by atomic mass is 16.6. The van der Waals surface area contributed by atoms with Gasteiger partial charge in [-0.15, -0.1) is 0 Å². The average molecular weight is 450 g/mol. The predicted molar refractivity (Wildman–Crippen MR) is 118 cm³/mol. The van der Waals surface area contributed by atoms with Crippen molar-refractivity contribution in [3.05, 3.63) is 48.0 Å². The van der Waals surface area contributed by atoms with Crippen molar-refractivity contribution in [2.45, 2.75) is 68.6 Å². The molecule has 33 heavy (non-hydrogen) atoms. The summed E-state index contributed by atoms with van der Waals surface area (Å²) >= 11 is 0. The summed E-state index contributed by atoms with van der Waals surface area (Å²) in [6.07, 6.45) is 0.747. The number of nitrogens with zero attached hydrogens (tertiary/aromatic N) is 1. The lowest BCUT2D eigenvalue weighted by atomic mass is 9.37. The minimum Gasteiger partial charge on any atom is -0.456 e.